The van der Waals surface area contributed by atoms with Gasteiger partial charge in [0.1, 0.15) is 0 Å². The first-order chi connectivity index (χ1) is 9.17. The molecule has 1 aliphatic rings. The summed E-state index contributed by atoms with van der Waals surface area (Å²) in [5.74, 6) is 0. The van der Waals surface area contributed by atoms with E-state index in [1.54, 1.807) is 0 Å². The minimum absolute atomic E-state index is 0.275. The van der Waals surface area contributed by atoms with Crippen LogP contribution < -0.4 is 0 Å². The quantitative estimate of drug-likeness (QED) is 0.918. The van der Waals surface area contributed by atoms with Crippen LogP contribution in [0.4, 0.5) is 0 Å². The molecule has 0 spiro atoms. The Morgan fingerprint density at radius 3 is 2.95 bits per heavy atom. The number of hydrogen-bond donors (Lipinski definition) is 1. The maximum atomic E-state index is 10.0. The topological polar surface area (TPSA) is 43.0 Å². The molecule has 0 bridgehead atoms. The molecule has 0 aliphatic heterocycles. The van der Waals surface area contributed by atoms with Gasteiger partial charge in [-0.25, -0.2) is 0 Å². The summed E-state index contributed by atoms with van der Waals surface area (Å²) in [5, 5.41) is 14.5. The maximum absolute atomic E-state index is 10.0. The van der Waals surface area contributed by atoms with Crippen molar-refractivity contribution in [2.45, 2.75) is 45.3 Å². The number of rotatable bonds is 3. The van der Waals surface area contributed by atoms with Crippen LogP contribution in [0.15, 0.2) is 18.5 Å². The smallest absolute Gasteiger partial charge is 0.0807 e. The van der Waals surface area contributed by atoms with E-state index in [0.29, 0.717) is 0 Å². The van der Waals surface area contributed by atoms with E-state index < -0.39 is 0 Å². The van der Waals surface area contributed by atoms with Gasteiger partial charge in [0.05, 0.1) is 24.0 Å². The van der Waals surface area contributed by atoms with E-state index in [1.165, 1.54) is 11.3 Å². The average Bonchev–Trinajstić information content (AvgIpc) is 2.95. The van der Waals surface area contributed by atoms with Crippen LogP contribution in [0.3, 0.4) is 0 Å². The lowest BCUT2D eigenvalue weighted by atomic mass is 9.93. The van der Waals surface area contributed by atoms with E-state index in [-0.39, 0.29) is 6.10 Å². The van der Waals surface area contributed by atoms with Crippen molar-refractivity contribution >= 4 is 0 Å². The zero-order valence-electron chi connectivity index (χ0n) is 11.6. The van der Waals surface area contributed by atoms with Gasteiger partial charge in [0.25, 0.3) is 0 Å². The molecule has 0 fully saturated rings. The molecule has 102 valence electrons. The highest BCUT2D eigenvalue weighted by molar-refractivity contribution is 5.29. The Morgan fingerprint density at radius 2 is 2.26 bits per heavy atom. The molecule has 4 heteroatoms. The molecule has 0 amide bonds. The molecule has 3 rings (SSSR count). The van der Waals surface area contributed by atoms with E-state index in [2.05, 4.69) is 35.0 Å². The van der Waals surface area contributed by atoms with Gasteiger partial charge in [0.2, 0.25) is 0 Å². The number of fused-ring (bicyclic) bond motifs is 1. The second-order valence-electron chi connectivity index (χ2n) is 5.42. The van der Waals surface area contributed by atoms with Crippen LogP contribution >= 0.6 is 0 Å². The highest BCUT2D eigenvalue weighted by Gasteiger charge is 2.20. The Balaban J connectivity index is 1.85. The van der Waals surface area contributed by atoms with Gasteiger partial charge in [0, 0.05) is 25.0 Å². The predicted octanol–water partition coefficient (Wildman–Crippen LogP) is 2.20. The van der Waals surface area contributed by atoms with E-state index in [9.17, 15) is 5.11 Å². The lowest BCUT2D eigenvalue weighted by Gasteiger charge is -2.16. The first kappa shape index (κ1) is 12.5. The van der Waals surface area contributed by atoms with Crippen molar-refractivity contribution in [2.75, 3.05) is 0 Å². The Kier molecular flexibility index (Phi) is 3.19. The molecule has 19 heavy (non-hydrogen) atoms. The van der Waals surface area contributed by atoms with E-state index in [4.69, 9.17) is 0 Å². The number of aromatic nitrogens is 3. The van der Waals surface area contributed by atoms with Crippen LogP contribution in [0.1, 0.15) is 48.4 Å². The van der Waals surface area contributed by atoms with E-state index in [0.717, 1.165) is 43.5 Å². The minimum atomic E-state index is -0.275. The molecule has 0 saturated heterocycles. The third-order valence-corrected chi connectivity index (χ3v) is 4.01. The molecular weight excluding hydrogens is 238 g/mol. The third kappa shape index (κ3) is 2.32. The molecule has 2 aromatic rings. The molecule has 1 unspecified atom stereocenters. The minimum Gasteiger partial charge on any atom is -0.388 e. The Hall–Kier alpha value is -1.55. The van der Waals surface area contributed by atoms with Gasteiger partial charge in [0.15, 0.2) is 0 Å². The van der Waals surface area contributed by atoms with Crippen LogP contribution in [0, 0.1) is 0 Å². The van der Waals surface area contributed by atoms with Crippen molar-refractivity contribution in [1.82, 2.24) is 14.3 Å². The summed E-state index contributed by atoms with van der Waals surface area (Å²) in [5.41, 5.74) is 4.76. The van der Waals surface area contributed by atoms with Crippen LogP contribution in [-0.2, 0) is 26.4 Å². The highest BCUT2D eigenvalue weighted by atomic mass is 16.3. The molecule has 0 radical (unpaired) electrons. The zero-order chi connectivity index (χ0) is 13.4. The molecule has 1 N–H and O–H groups in total. The number of aryl methyl sites for hydroxylation is 3. The van der Waals surface area contributed by atoms with Crippen LogP contribution in [0.2, 0.25) is 0 Å². The largest absolute Gasteiger partial charge is 0.388 e. The fourth-order valence-electron chi connectivity index (χ4n) is 2.89. The van der Waals surface area contributed by atoms with Crippen LogP contribution in [0.25, 0.3) is 0 Å². The Bertz CT molecular complexity index is 582. The molecule has 1 atom stereocenters. The summed E-state index contributed by atoms with van der Waals surface area (Å²) in [6, 6.07) is 2.16. The molecule has 2 heterocycles. The van der Waals surface area contributed by atoms with Gasteiger partial charge < -0.3 is 9.67 Å². The van der Waals surface area contributed by atoms with Crippen molar-refractivity contribution in [2.24, 2.45) is 7.05 Å². The predicted molar refractivity (Wildman–Crippen MR) is 74.0 cm³/mol. The number of nitrogens with zero attached hydrogens (tertiary/aromatic N) is 3. The molecular formula is C15H21N3O. The van der Waals surface area contributed by atoms with Crippen LogP contribution in [-0.4, -0.2) is 19.5 Å². The first-order valence-corrected chi connectivity index (χ1v) is 7.05. The first-order valence-electron chi connectivity index (χ1n) is 7.05. The summed E-state index contributed by atoms with van der Waals surface area (Å²) in [6.45, 7) is 2.94. The van der Waals surface area contributed by atoms with E-state index >= 15 is 0 Å². The lowest BCUT2D eigenvalue weighted by molar-refractivity contribution is 0.157. The summed E-state index contributed by atoms with van der Waals surface area (Å²) >= 11 is 0. The van der Waals surface area contributed by atoms with Crippen molar-refractivity contribution in [3.05, 3.63) is 41.0 Å². The van der Waals surface area contributed by atoms with Crippen molar-refractivity contribution in [3.63, 3.8) is 0 Å². The van der Waals surface area contributed by atoms with Crippen molar-refractivity contribution in [1.29, 1.82) is 0 Å². The summed E-state index contributed by atoms with van der Waals surface area (Å²) < 4.78 is 4.13. The zero-order valence-corrected chi connectivity index (χ0v) is 11.6. The van der Waals surface area contributed by atoms with Crippen molar-refractivity contribution in [3.8, 4) is 0 Å². The average molecular weight is 259 g/mol. The Morgan fingerprint density at radius 1 is 1.42 bits per heavy atom. The number of hydrogen-bond acceptors (Lipinski definition) is 2. The summed E-state index contributed by atoms with van der Waals surface area (Å²) in [7, 11) is 1.99. The van der Waals surface area contributed by atoms with Gasteiger partial charge in [-0.3, -0.25) is 4.68 Å². The van der Waals surface area contributed by atoms with Crippen LogP contribution in [0.5, 0.6) is 0 Å². The van der Waals surface area contributed by atoms with Gasteiger partial charge in [-0.2, -0.15) is 5.10 Å². The standard InChI is InChI=1S/C15H21N3O/c1-3-12-7-13(17(2)16-12)9-18-8-11-5-4-6-15(19)14(11)10-18/h7-8,10,15,19H,3-6,9H2,1-2H3. The van der Waals surface area contributed by atoms with Crippen molar-refractivity contribution < 1.29 is 5.11 Å². The second-order valence-corrected chi connectivity index (χ2v) is 5.42. The second kappa shape index (κ2) is 4.85. The monoisotopic (exact) mass is 259 g/mol. The maximum Gasteiger partial charge on any atom is 0.0807 e. The normalized spacial score (nSPS) is 18.6. The third-order valence-electron chi connectivity index (χ3n) is 4.01. The summed E-state index contributed by atoms with van der Waals surface area (Å²) in [4.78, 5) is 0. The SMILES string of the molecule is CCc1cc(Cn2cc3c(c2)C(O)CCC3)n(C)n1. The van der Waals surface area contributed by atoms with Gasteiger partial charge in [-0.1, -0.05) is 6.92 Å². The fourth-order valence-corrected chi connectivity index (χ4v) is 2.89. The van der Waals surface area contributed by atoms with Gasteiger partial charge in [-0.05, 0) is 37.3 Å². The molecule has 0 aromatic carbocycles. The number of aliphatic hydroxyl groups excluding tert-OH is 1. The van der Waals surface area contributed by atoms with Gasteiger partial charge in [-0.15, -0.1) is 0 Å². The molecule has 4 nitrogen and oxygen atoms in total. The number of aliphatic hydroxyl groups is 1. The lowest BCUT2D eigenvalue weighted by Crippen LogP contribution is -2.05. The van der Waals surface area contributed by atoms with Gasteiger partial charge >= 0.3 is 0 Å². The fraction of sp³-hybridized carbons (Fsp3) is 0.533. The molecule has 0 saturated carbocycles. The Labute approximate surface area is 113 Å². The highest BCUT2D eigenvalue weighted by Crippen LogP contribution is 2.30. The molecule has 2 aromatic heterocycles. The molecule has 1 aliphatic carbocycles. The summed E-state index contributed by atoms with van der Waals surface area (Å²) in [6.07, 6.45) is 8.03. The van der Waals surface area contributed by atoms with E-state index in [1.807, 2.05) is 11.7 Å².